The predicted octanol–water partition coefficient (Wildman–Crippen LogP) is 8.74. The highest BCUT2D eigenvalue weighted by atomic mass is 32.1. The molecule has 4 aromatic heterocycles. The number of carbonyl (C=O) groups is 3. The van der Waals surface area contributed by atoms with Crippen LogP contribution in [0.15, 0.2) is 46.9 Å². The lowest BCUT2D eigenvalue weighted by atomic mass is 9.87. The minimum atomic E-state index is -0.496. The summed E-state index contributed by atoms with van der Waals surface area (Å²) >= 11 is 3.31. The van der Waals surface area contributed by atoms with Gasteiger partial charge in [-0.05, 0) is 137 Å². The molecule has 4 N–H and O–H groups in total. The average Bonchev–Trinajstić information content (AvgIpc) is 4.18. The van der Waals surface area contributed by atoms with E-state index in [0.29, 0.717) is 65.2 Å². The second-order valence-electron chi connectivity index (χ2n) is 19.8. The number of fused-ring (bicyclic) bond motifs is 8. The summed E-state index contributed by atoms with van der Waals surface area (Å²) in [5.41, 5.74) is 13.8. The minimum Gasteiger partial charge on any atom is -0.492 e. The van der Waals surface area contributed by atoms with Gasteiger partial charge in [0.2, 0.25) is 11.8 Å². The standard InChI is InChI=1S/C30H37N5O4S.C24H28N6O2S/c1-6-38-23-13-20-16-31-15-19(20)12-22(23)34-27-26-21-10-9-18(14-24(21)40-28(26)33-17-32-27)29(37)35(5)11-7-8-25(36)39-30(2,3)4;1-3-32-19-9-16-12-26-11-15(16)8-18(19)29-22-21-17-5-4-14(24(31)30(2)7-6-25)10-20(17)33-23(21)28-13-27-22/h12-13,15,17-18H,6-11,14,16H2,1-5H3,(H,32,33,34);8-9,11,13-14H,3-7,10,12,25H2,1-2H3,(H,27,28,29). The molecule has 0 bridgehead atoms. The second kappa shape index (κ2) is 22.3. The van der Waals surface area contributed by atoms with Crippen molar-refractivity contribution < 1.29 is 28.6 Å². The molecule has 4 aliphatic rings. The van der Waals surface area contributed by atoms with E-state index in [1.54, 1.807) is 45.1 Å². The minimum absolute atomic E-state index is 0.00737. The zero-order valence-corrected chi connectivity index (χ0v) is 44.4. The number of nitrogens with zero attached hydrogens (tertiary/aromatic N) is 8. The molecule has 73 heavy (non-hydrogen) atoms. The van der Waals surface area contributed by atoms with Crippen LogP contribution in [0.2, 0.25) is 0 Å². The van der Waals surface area contributed by atoms with Crippen LogP contribution in [0.25, 0.3) is 20.4 Å². The summed E-state index contributed by atoms with van der Waals surface area (Å²) < 4.78 is 17.2. The molecule has 384 valence electrons. The van der Waals surface area contributed by atoms with Gasteiger partial charge in [0.1, 0.15) is 51.1 Å². The Morgan fingerprint density at radius 3 is 1.64 bits per heavy atom. The third-order valence-electron chi connectivity index (χ3n) is 13.5. The molecule has 10 rings (SSSR count). The number of likely N-dealkylation sites (N-methyl/N-ethyl adjacent to an activating group) is 1. The van der Waals surface area contributed by atoms with E-state index in [0.717, 1.165) is 104 Å². The third kappa shape index (κ3) is 11.5. The van der Waals surface area contributed by atoms with Crippen LogP contribution in [-0.4, -0.2) is 112 Å². The van der Waals surface area contributed by atoms with Crippen LogP contribution < -0.4 is 25.8 Å². The van der Waals surface area contributed by atoms with Crippen molar-refractivity contribution >= 4 is 96.3 Å². The van der Waals surface area contributed by atoms with Crippen molar-refractivity contribution in [2.75, 3.05) is 57.6 Å². The first-order chi connectivity index (χ1) is 35.2. The normalized spacial score (nSPS) is 16.2. The Kier molecular flexibility index (Phi) is 15.7. The maximum absolute atomic E-state index is 13.3. The van der Waals surface area contributed by atoms with Crippen LogP contribution in [-0.2, 0) is 57.9 Å². The van der Waals surface area contributed by atoms with E-state index in [1.807, 2.05) is 61.1 Å². The molecule has 2 amide bonds. The Hall–Kier alpha value is -6.57. The van der Waals surface area contributed by atoms with E-state index in [1.165, 1.54) is 26.4 Å². The van der Waals surface area contributed by atoms with Crippen molar-refractivity contribution in [3.05, 3.63) is 80.1 Å². The van der Waals surface area contributed by atoms with Crippen molar-refractivity contribution in [1.29, 1.82) is 0 Å². The molecule has 2 atom stereocenters. The lowest BCUT2D eigenvalue weighted by Crippen LogP contribution is -2.38. The van der Waals surface area contributed by atoms with Gasteiger partial charge in [-0.25, -0.2) is 19.9 Å². The van der Waals surface area contributed by atoms with Crippen molar-refractivity contribution in [3.8, 4) is 11.5 Å². The lowest BCUT2D eigenvalue weighted by molar-refractivity contribution is -0.155. The Balaban J connectivity index is 0.000000183. The van der Waals surface area contributed by atoms with Gasteiger partial charge in [-0.2, -0.15) is 0 Å². The molecule has 0 radical (unpaired) electrons. The first kappa shape index (κ1) is 51.3. The molecule has 2 unspecified atom stereocenters. The molecule has 2 aliphatic heterocycles. The van der Waals surface area contributed by atoms with E-state index in [9.17, 15) is 14.4 Å². The Labute approximate surface area is 434 Å². The summed E-state index contributed by atoms with van der Waals surface area (Å²) in [7, 11) is 3.66. The van der Waals surface area contributed by atoms with Gasteiger partial charge in [-0.1, -0.05) is 0 Å². The number of nitrogens with one attached hydrogen (secondary N) is 2. The summed E-state index contributed by atoms with van der Waals surface area (Å²) in [5.74, 6) is 3.08. The van der Waals surface area contributed by atoms with Gasteiger partial charge in [0.15, 0.2) is 0 Å². The zero-order chi connectivity index (χ0) is 51.4. The van der Waals surface area contributed by atoms with Crippen LogP contribution in [0.4, 0.5) is 23.0 Å². The fourth-order valence-electron chi connectivity index (χ4n) is 10.00. The number of aromatic nitrogens is 4. The van der Waals surface area contributed by atoms with Crippen LogP contribution in [0.3, 0.4) is 0 Å². The van der Waals surface area contributed by atoms with Gasteiger partial charge in [0.05, 0.1) is 48.5 Å². The number of hydrogen-bond donors (Lipinski definition) is 3. The number of aliphatic imine (C=N–C) groups is 2. The lowest BCUT2D eigenvalue weighted by Gasteiger charge is -2.27. The molecule has 0 fully saturated rings. The Morgan fingerprint density at radius 1 is 0.712 bits per heavy atom. The van der Waals surface area contributed by atoms with E-state index < -0.39 is 5.60 Å². The fourth-order valence-corrected chi connectivity index (χ4v) is 12.5. The fraction of sp³-hybridized carbons (Fsp3) is 0.463. The topological polar surface area (TPSA) is 212 Å². The van der Waals surface area contributed by atoms with E-state index >= 15 is 0 Å². The van der Waals surface area contributed by atoms with Crippen LogP contribution >= 0.6 is 22.7 Å². The molecular weight excluding hydrogens is 963 g/mol. The first-order valence-corrected chi connectivity index (χ1v) is 26.9. The highest BCUT2D eigenvalue weighted by Crippen LogP contribution is 2.44. The highest BCUT2D eigenvalue weighted by molar-refractivity contribution is 7.19. The maximum atomic E-state index is 13.3. The van der Waals surface area contributed by atoms with Crippen molar-refractivity contribution in [2.24, 2.45) is 27.6 Å². The summed E-state index contributed by atoms with van der Waals surface area (Å²) in [6, 6.07) is 8.25. The number of aryl methyl sites for hydroxylation is 2. The first-order valence-electron chi connectivity index (χ1n) is 25.3. The number of esters is 1. The number of carbonyl (C=O) groups excluding carboxylic acids is 3. The summed E-state index contributed by atoms with van der Waals surface area (Å²) in [5, 5.41) is 9.11. The molecule has 6 aromatic rings. The van der Waals surface area contributed by atoms with Crippen molar-refractivity contribution in [3.63, 3.8) is 0 Å². The van der Waals surface area contributed by atoms with Crippen LogP contribution in [0, 0.1) is 11.8 Å². The summed E-state index contributed by atoms with van der Waals surface area (Å²) in [6.07, 6.45) is 12.5. The van der Waals surface area contributed by atoms with Crippen molar-refractivity contribution in [1.82, 2.24) is 29.7 Å². The number of hydrogen-bond acceptors (Lipinski definition) is 17. The smallest absolute Gasteiger partial charge is 0.306 e. The van der Waals surface area contributed by atoms with E-state index in [-0.39, 0.29) is 29.6 Å². The van der Waals surface area contributed by atoms with Gasteiger partial charge in [-0.3, -0.25) is 24.4 Å². The van der Waals surface area contributed by atoms with Crippen molar-refractivity contribution in [2.45, 2.75) is 105 Å². The molecule has 0 spiro atoms. The van der Waals surface area contributed by atoms with Gasteiger partial charge in [0.25, 0.3) is 0 Å². The number of rotatable bonds is 16. The Bertz CT molecular complexity index is 3110. The molecule has 6 heterocycles. The molecule has 0 saturated carbocycles. The van der Waals surface area contributed by atoms with Crippen LogP contribution in [0.1, 0.15) is 103 Å². The monoisotopic (exact) mass is 1030 g/mol. The number of thiophene rings is 2. The van der Waals surface area contributed by atoms with Gasteiger partial charge >= 0.3 is 5.97 Å². The number of ether oxygens (including phenoxy) is 3. The average molecular weight is 1030 g/mol. The highest BCUT2D eigenvalue weighted by Gasteiger charge is 2.33. The Morgan fingerprint density at radius 2 is 1.19 bits per heavy atom. The molecule has 19 heteroatoms. The molecular formula is C54H65N11O6S2. The maximum Gasteiger partial charge on any atom is 0.306 e. The second-order valence-corrected chi connectivity index (χ2v) is 22.0. The number of benzene rings is 2. The molecule has 17 nitrogen and oxygen atoms in total. The van der Waals surface area contributed by atoms with E-state index in [4.69, 9.17) is 19.9 Å². The number of anilines is 4. The van der Waals surface area contributed by atoms with Gasteiger partial charge in [-0.15, -0.1) is 22.7 Å². The number of amides is 2. The SMILES string of the molecule is CCOc1cc2c(cc1Nc1ncnc3sc4c(c13)CCC(C(=O)N(C)CCCC(=O)OC(C)(C)C)C4)C=NC2.CCOc1cc2c(cc1Nc1ncnc3sc4c(c13)CCC(C(=O)N(C)CCN)C4)C=NC2. The predicted molar refractivity (Wildman–Crippen MR) is 290 cm³/mol. The van der Waals surface area contributed by atoms with Crippen LogP contribution in [0.5, 0.6) is 11.5 Å². The summed E-state index contributed by atoms with van der Waals surface area (Å²) in [6.45, 7) is 13.6. The number of nitrogens with two attached hydrogens (primary N) is 1. The zero-order valence-electron chi connectivity index (χ0n) is 42.8. The third-order valence-corrected chi connectivity index (χ3v) is 15.8. The molecule has 2 aromatic carbocycles. The van der Waals surface area contributed by atoms with Gasteiger partial charge in [0, 0.05) is 74.2 Å². The largest absolute Gasteiger partial charge is 0.492 e. The summed E-state index contributed by atoms with van der Waals surface area (Å²) in [4.78, 5) is 73.0. The molecule has 0 saturated heterocycles. The van der Waals surface area contributed by atoms with E-state index in [2.05, 4.69) is 64.8 Å². The van der Waals surface area contributed by atoms with Gasteiger partial charge < -0.3 is 40.4 Å². The quantitative estimate of drug-likeness (QED) is 0.0775. The molecule has 2 aliphatic carbocycles.